The van der Waals surface area contributed by atoms with Gasteiger partial charge < -0.3 is 15.5 Å². The minimum absolute atomic E-state index is 0.295. The summed E-state index contributed by atoms with van der Waals surface area (Å²) in [5, 5.41) is 20.7. The molecule has 0 aliphatic rings. The minimum atomic E-state index is -1.22. The summed E-state index contributed by atoms with van der Waals surface area (Å²) in [6, 6.07) is -1.22. The van der Waals surface area contributed by atoms with Gasteiger partial charge in [0.2, 0.25) is 5.91 Å². The standard InChI is InChI=1S/C28H53NO4/c1-3-4-5-6-7-8-9-10-11-12-13-14-15-16-17-18-19-20-21-22-23-24-26(31)29-27(25(2)30)28(32)33/h10-11,25,27,30H,3-9,12-24H2,1-2H3,(H,29,31)(H,32,33). The van der Waals surface area contributed by atoms with Gasteiger partial charge in [0.1, 0.15) is 0 Å². The number of rotatable bonds is 24. The number of carboxylic acids is 1. The van der Waals surface area contributed by atoms with Gasteiger partial charge in [0.15, 0.2) is 6.04 Å². The Morgan fingerprint density at radius 1 is 0.697 bits per heavy atom. The van der Waals surface area contributed by atoms with Gasteiger partial charge in [-0.1, -0.05) is 109 Å². The number of carbonyl (C=O) groups excluding carboxylic acids is 1. The molecule has 0 radical (unpaired) electrons. The van der Waals surface area contributed by atoms with Gasteiger partial charge >= 0.3 is 5.97 Å². The minimum Gasteiger partial charge on any atom is -0.480 e. The lowest BCUT2D eigenvalue weighted by Gasteiger charge is -2.16. The van der Waals surface area contributed by atoms with Crippen molar-refractivity contribution >= 4 is 11.9 Å². The number of nitrogens with one attached hydrogen (secondary N) is 1. The van der Waals surface area contributed by atoms with Crippen LogP contribution in [0.15, 0.2) is 12.2 Å². The molecule has 3 N–H and O–H groups in total. The second kappa shape index (κ2) is 23.8. The predicted octanol–water partition coefficient (Wildman–Crippen LogP) is 7.31. The van der Waals surface area contributed by atoms with Crippen molar-refractivity contribution in [2.45, 2.75) is 154 Å². The fourth-order valence-electron chi connectivity index (χ4n) is 4.05. The van der Waals surface area contributed by atoms with Crippen molar-refractivity contribution in [1.82, 2.24) is 5.32 Å². The molecule has 0 saturated heterocycles. The van der Waals surface area contributed by atoms with E-state index in [1.54, 1.807) is 0 Å². The molecule has 2 unspecified atom stereocenters. The number of aliphatic hydroxyl groups is 1. The highest BCUT2D eigenvalue weighted by atomic mass is 16.4. The number of allylic oxidation sites excluding steroid dienone is 2. The summed E-state index contributed by atoms with van der Waals surface area (Å²) >= 11 is 0. The first-order chi connectivity index (χ1) is 16.0. The van der Waals surface area contributed by atoms with Gasteiger partial charge in [-0.05, 0) is 39.0 Å². The second-order valence-corrected chi connectivity index (χ2v) is 9.58. The van der Waals surface area contributed by atoms with E-state index in [4.69, 9.17) is 5.11 Å². The van der Waals surface area contributed by atoms with E-state index in [1.807, 2.05) is 0 Å². The SMILES string of the molecule is CCCCCCCCC=CCCCCCCCCCCCCCC(=O)NC(C(=O)O)C(C)O. The van der Waals surface area contributed by atoms with Crippen molar-refractivity contribution in [1.29, 1.82) is 0 Å². The highest BCUT2D eigenvalue weighted by Crippen LogP contribution is 2.13. The van der Waals surface area contributed by atoms with Gasteiger partial charge in [-0.15, -0.1) is 0 Å². The molecule has 0 fully saturated rings. The van der Waals surface area contributed by atoms with Gasteiger partial charge in [0, 0.05) is 6.42 Å². The molecule has 194 valence electrons. The number of amides is 1. The average molecular weight is 468 g/mol. The van der Waals surface area contributed by atoms with Crippen LogP contribution in [0, 0.1) is 0 Å². The Hall–Kier alpha value is -1.36. The predicted molar refractivity (Wildman–Crippen MR) is 138 cm³/mol. The van der Waals surface area contributed by atoms with Crippen LogP contribution in [0.1, 0.15) is 142 Å². The summed E-state index contributed by atoms with van der Waals surface area (Å²) in [5.74, 6) is -1.49. The highest BCUT2D eigenvalue weighted by Gasteiger charge is 2.24. The molecule has 0 aromatic carbocycles. The molecule has 2 atom stereocenters. The van der Waals surface area contributed by atoms with Crippen LogP contribution in [0.2, 0.25) is 0 Å². The quantitative estimate of drug-likeness (QED) is 0.103. The normalized spacial score (nSPS) is 13.3. The summed E-state index contributed by atoms with van der Waals surface area (Å²) in [6.45, 7) is 3.64. The molecule has 0 aromatic rings. The molecule has 0 rings (SSSR count). The molecule has 0 aliphatic heterocycles. The topological polar surface area (TPSA) is 86.6 Å². The van der Waals surface area contributed by atoms with Crippen molar-refractivity contribution in [2.75, 3.05) is 0 Å². The maximum absolute atomic E-state index is 11.8. The average Bonchev–Trinajstić information content (AvgIpc) is 2.78. The van der Waals surface area contributed by atoms with Gasteiger partial charge in [-0.2, -0.15) is 0 Å². The third-order valence-corrected chi connectivity index (χ3v) is 6.23. The Bertz CT molecular complexity index is 490. The summed E-state index contributed by atoms with van der Waals surface area (Å²) in [5.41, 5.74) is 0. The third kappa shape index (κ3) is 22.2. The zero-order chi connectivity index (χ0) is 24.6. The molecule has 33 heavy (non-hydrogen) atoms. The van der Waals surface area contributed by atoms with Crippen LogP contribution in [0.25, 0.3) is 0 Å². The molecule has 1 amide bonds. The lowest BCUT2D eigenvalue weighted by molar-refractivity contribution is -0.144. The van der Waals surface area contributed by atoms with Crippen molar-refractivity contribution in [3.63, 3.8) is 0 Å². The zero-order valence-electron chi connectivity index (χ0n) is 21.7. The Morgan fingerprint density at radius 3 is 1.48 bits per heavy atom. The summed E-state index contributed by atoms with van der Waals surface area (Å²) < 4.78 is 0. The maximum Gasteiger partial charge on any atom is 0.328 e. The molecule has 5 heteroatoms. The Balaban J connectivity index is 3.32. The van der Waals surface area contributed by atoms with E-state index in [1.165, 1.54) is 110 Å². The van der Waals surface area contributed by atoms with E-state index in [0.717, 1.165) is 19.3 Å². The molecule has 0 spiro atoms. The fraction of sp³-hybridized carbons (Fsp3) is 0.857. The first kappa shape index (κ1) is 31.6. The number of carbonyl (C=O) groups is 2. The summed E-state index contributed by atoms with van der Waals surface area (Å²) in [4.78, 5) is 22.7. The van der Waals surface area contributed by atoms with Gasteiger partial charge in [0.25, 0.3) is 0 Å². The Morgan fingerprint density at radius 2 is 1.09 bits per heavy atom. The third-order valence-electron chi connectivity index (χ3n) is 6.23. The monoisotopic (exact) mass is 467 g/mol. The Kier molecular flexibility index (Phi) is 22.8. The molecule has 0 aliphatic carbocycles. The fourth-order valence-corrected chi connectivity index (χ4v) is 4.05. The number of aliphatic carboxylic acids is 1. The van der Waals surface area contributed by atoms with Crippen LogP contribution in [-0.4, -0.2) is 34.2 Å². The van der Waals surface area contributed by atoms with E-state index in [9.17, 15) is 14.7 Å². The van der Waals surface area contributed by atoms with Gasteiger partial charge in [-0.3, -0.25) is 4.79 Å². The maximum atomic E-state index is 11.8. The van der Waals surface area contributed by atoms with Crippen molar-refractivity contribution in [3.8, 4) is 0 Å². The smallest absolute Gasteiger partial charge is 0.328 e. The van der Waals surface area contributed by atoms with Crippen LogP contribution in [0.4, 0.5) is 0 Å². The number of unbranched alkanes of at least 4 members (excludes halogenated alkanes) is 17. The van der Waals surface area contributed by atoms with E-state index in [2.05, 4.69) is 24.4 Å². The van der Waals surface area contributed by atoms with Crippen LogP contribution < -0.4 is 5.32 Å². The molecule has 0 saturated carbocycles. The number of carboxylic acid groups (broad SMARTS) is 1. The summed E-state index contributed by atoms with van der Waals surface area (Å²) in [7, 11) is 0. The van der Waals surface area contributed by atoms with E-state index >= 15 is 0 Å². The summed E-state index contributed by atoms with van der Waals surface area (Å²) in [6.07, 6.45) is 28.1. The van der Waals surface area contributed by atoms with Crippen molar-refractivity contribution in [3.05, 3.63) is 12.2 Å². The molecular weight excluding hydrogens is 414 g/mol. The van der Waals surface area contributed by atoms with Crippen LogP contribution >= 0.6 is 0 Å². The van der Waals surface area contributed by atoms with Crippen molar-refractivity contribution in [2.24, 2.45) is 0 Å². The molecular formula is C28H53NO4. The van der Waals surface area contributed by atoms with Crippen LogP contribution in [0.3, 0.4) is 0 Å². The van der Waals surface area contributed by atoms with E-state index < -0.39 is 18.1 Å². The van der Waals surface area contributed by atoms with E-state index in [-0.39, 0.29) is 5.91 Å². The van der Waals surface area contributed by atoms with Gasteiger partial charge in [-0.25, -0.2) is 4.79 Å². The second-order valence-electron chi connectivity index (χ2n) is 9.58. The molecule has 5 nitrogen and oxygen atoms in total. The van der Waals surface area contributed by atoms with Gasteiger partial charge in [0.05, 0.1) is 6.10 Å². The number of hydrogen-bond donors (Lipinski definition) is 3. The van der Waals surface area contributed by atoms with Crippen molar-refractivity contribution < 1.29 is 19.8 Å². The lowest BCUT2D eigenvalue weighted by Crippen LogP contribution is -2.47. The molecule has 0 heterocycles. The lowest BCUT2D eigenvalue weighted by atomic mass is 10.0. The number of hydrogen-bond acceptors (Lipinski definition) is 3. The van der Waals surface area contributed by atoms with Crippen LogP contribution in [-0.2, 0) is 9.59 Å². The first-order valence-electron chi connectivity index (χ1n) is 13.8. The largest absolute Gasteiger partial charge is 0.480 e. The van der Waals surface area contributed by atoms with Crippen LogP contribution in [0.5, 0.6) is 0 Å². The first-order valence-corrected chi connectivity index (χ1v) is 13.8. The molecule has 0 aromatic heterocycles. The molecule has 0 bridgehead atoms. The number of aliphatic hydroxyl groups excluding tert-OH is 1. The zero-order valence-corrected chi connectivity index (χ0v) is 21.7. The Labute approximate surface area is 203 Å². The van der Waals surface area contributed by atoms with E-state index in [0.29, 0.717) is 6.42 Å². The highest BCUT2D eigenvalue weighted by molar-refractivity contribution is 5.83.